The number of rotatable bonds is 3. The second-order valence-corrected chi connectivity index (χ2v) is 7.66. The number of benzene rings is 3. The average molecular weight is 406 g/mol. The maximum atomic E-state index is 12.8. The highest BCUT2D eigenvalue weighted by molar-refractivity contribution is 6.30. The molecule has 4 nitrogen and oxygen atoms in total. The first-order valence-electron chi connectivity index (χ1n) is 9.39. The summed E-state index contributed by atoms with van der Waals surface area (Å²) in [5.74, 6) is -0.587. The molecule has 29 heavy (non-hydrogen) atoms. The quantitative estimate of drug-likeness (QED) is 0.572. The number of ether oxygens (including phenoxy) is 1. The van der Waals surface area contributed by atoms with E-state index < -0.39 is 6.10 Å². The van der Waals surface area contributed by atoms with Crippen molar-refractivity contribution in [1.29, 1.82) is 0 Å². The number of carbonyl (C=O) groups is 2. The predicted octanol–water partition coefficient (Wildman–Crippen LogP) is 5.66. The van der Waals surface area contributed by atoms with Crippen LogP contribution in [0.2, 0.25) is 5.02 Å². The van der Waals surface area contributed by atoms with Crippen LogP contribution < -0.4 is 5.32 Å². The summed E-state index contributed by atoms with van der Waals surface area (Å²) in [5, 5.41) is 3.59. The predicted molar refractivity (Wildman–Crippen MR) is 114 cm³/mol. The highest BCUT2D eigenvalue weighted by atomic mass is 35.5. The number of cyclic esters (lactones) is 1. The van der Waals surface area contributed by atoms with Gasteiger partial charge in [-0.2, -0.15) is 0 Å². The maximum absolute atomic E-state index is 12.8. The number of hydrogen-bond donors (Lipinski definition) is 1. The van der Waals surface area contributed by atoms with Crippen LogP contribution in [-0.2, 0) is 11.2 Å². The molecule has 0 fully saturated rings. The van der Waals surface area contributed by atoms with Crippen molar-refractivity contribution in [3.05, 3.63) is 99.1 Å². The van der Waals surface area contributed by atoms with E-state index in [0.29, 0.717) is 22.6 Å². The normalized spacial score (nSPS) is 15.4. The zero-order chi connectivity index (χ0) is 20.5. The van der Waals surface area contributed by atoms with E-state index in [1.165, 1.54) is 0 Å². The number of aryl methyl sites for hydroxylation is 1. The molecule has 1 aliphatic rings. The molecule has 1 heterocycles. The Morgan fingerprint density at radius 3 is 2.59 bits per heavy atom. The molecule has 1 aliphatic heterocycles. The van der Waals surface area contributed by atoms with E-state index in [9.17, 15) is 9.59 Å². The first kappa shape index (κ1) is 19.2. The van der Waals surface area contributed by atoms with Crippen LogP contribution in [0.4, 0.5) is 5.69 Å². The number of hydrogen-bond acceptors (Lipinski definition) is 3. The second kappa shape index (κ2) is 7.72. The summed E-state index contributed by atoms with van der Waals surface area (Å²) in [6.07, 6.45) is 0.109. The molecule has 3 aromatic rings. The van der Waals surface area contributed by atoms with Gasteiger partial charge in [0.2, 0.25) is 0 Å². The van der Waals surface area contributed by atoms with E-state index in [1.807, 2.05) is 44.2 Å². The monoisotopic (exact) mass is 405 g/mol. The number of fused-ring (bicyclic) bond motifs is 1. The Morgan fingerprint density at radius 2 is 1.83 bits per heavy atom. The lowest BCUT2D eigenvalue weighted by atomic mass is 9.93. The number of halogens is 1. The third-order valence-corrected chi connectivity index (χ3v) is 5.59. The van der Waals surface area contributed by atoms with Crippen molar-refractivity contribution in [2.45, 2.75) is 26.4 Å². The van der Waals surface area contributed by atoms with Gasteiger partial charge in [-0.25, -0.2) is 4.79 Å². The van der Waals surface area contributed by atoms with E-state index in [1.54, 1.807) is 30.3 Å². The van der Waals surface area contributed by atoms with Crippen molar-refractivity contribution in [1.82, 2.24) is 0 Å². The Kier molecular flexibility index (Phi) is 5.12. The molecule has 4 rings (SSSR count). The number of esters is 1. The zero-order valence-corrected chi connectivity index (χ0v) is 16.9. The summed E-state index contributed by atoms with van der Waals surface area (Å²) in [7, 11) is 0. The minimum atomic E-state index is -0.399. The third kappa shape index (κ3) is 3.89. The third-order valence-electron chi connectivity index (χ3n) is 5.34. The van der Waals surface area contributed by atoms with Gasteiger partial charge in [-0.3, -0.25) is 4.79 Å². The molecular weight excluding hydrogens is 386 g/mol. The standard InChI is InChI=1S/C24H20ClNO3/c1-14-4-3-5-21(15(14)2)26-23(27)17-8-11-20-18(12-17)13-22(29-24(20)28)16-6-9-19(25)10-7-16/h3-12,22H,13H2,1-2H3,(H,26,27). The van der Waals surface area contributed by atoms with Crippen molar-refractivity contribution >= 4 is 29.2 Å². The molecule has 0 aromatic heterocycles. The van der Waals surface area contributed by atoms with E-state index in [4.69, 9.17) is 16.3 Å². The molecule has 1 N–H and O–H groups in total. The summed E-state index contributed by atoms with van der Waals surface area (Å²) in [6.45, 7) is 3.98. The number of amides is 1. The van der Waals surface area contributed by atoms with Gasteiger partial charge in [0.1, 0.15) is 6.10 Å². The lowest BCUT2D eigenvalue weighted by Gasteiger charge is -2.25. The van der Waals surface area contributed by atoms with Gasteiger partial charge in [0.05, 0.1) is 5.56 Å². The van der Waals surface area contributed by atoms with Crippen LogP contribution in [0.1, 0.15) is 49.1 Å². The topological polar surface area (TPSA) is 55.4 Å². The molecule has 1 atom stereocenters. The van der Waals surface area contributed by atoms with E-state index in [2.05, 4.69) is 5.32 Å². The molecular formula is C24H20ClNO3. The first-order valence-corrected chi connectivity index (χ1v) is 9.77. The van der Waals surface area contributed by atoms with Gasteiger partial charge >= 0.3 is 5.97 Å². The van der Waals surface area contributed by atoms with Crippen molar-refractivity contribution in [2.24, 2.45) is 0 Å². The van der Waals surface area contributed by atoms with Gasteiger partial charge in [-0.1, -0.05) is 35.9 Å². The molecule has 5 heteroatoms. The van der Waals surface area contributed by atoms with Gasteiger partial charge in [0.25, 0.3) is 5.91 Å². The van der Waals surface area contributed by atoms with Crippen LogP contribution in [-0.4, -0.2) is 11.9 Å². The van der Waals surface area contributed by atoms with Gasteiger partial charge in [-0.15, -0.1) is 0 Å². The number of nitrogens with one attached hydrogen (secondary N) is 1. The SMILES string of the molecule is Cc1cccc(NC(=O)c2ccc3c(c2)CC(c2ccc(Cl)cc2)OC3=O)c1C. The fourth-order valence-electron chi connectivity index (χ4n) is 3.48. The minimum Gasteiger partial charge on any atom is -0.454 e. The summed E-state index contributed by atoms with van der Waals surface area (Å²) in [6, 6.07) is 18.1. The summed E-state index contributed by atoms with van der Waals surface area (Å²) >= 11 is 5.95. The smallest absolute Gasteiger partial charge is 0.339 e. The average Bonchev–Trinajstić information content (AvgIpc) is 2.71. The molecule has 0 spiro atoms. The Balaban J connectivity index is 1.60. The summed E-state index contributed by atoms with van der Waals surface area (Å²) in [4.78, 5) is 25.2. The lowest BCUT2D eigenvalue weighted by molar-refractivity contribution is 0.0252. The van der Waals surface area contributed by atoms with Gasteiger partial charge in [0.15, 0.2) is 0 Å². The summed E-state index contributed by atoms with van der Waals surface area (Å²) in [5.41, 5.74) is 5.61. The Bertz CT molecular complexity index is 1110. The number of carbonyl (C=O) groups excluding carboxylic acids is 2. The lowest BCUT2D eigenvalue weighted by Crippen LogP contribution is -2.23. The van der Waals surface area contributed by atoms with E-state index in [0.717, 1.165) is 27.9 Å². The Hall–Kier alpha value is -3.11. The van der Waals surface area contributed by atoms with Crippen molar-refractivity contribution in [3.63, 3.8) is 0 Å². The highest BCUT2D eigenvalue weighted by Crippen LogP contribution is 2.32. The van der Waals surface area contributed by atoms with Crippen LogP contribution in [0, 0.1) is 13.8 Å². The highest BCUT2D eigenvalue weighted by Gasteiger charge is 2.28. The molecule has 1 amide bonds. The molecule has 0 radical (unpaired) electrons. The Labute approximate surface area is 174 Å². The van der Waals surface area contributed by atoms with Crippen molar-refractivity contribution in [3.8, 4) is 0 Å². The van der Waals surface area contributed by atoms with Gasteiger partial charge in [0, 0.05) is 22.7 Å². The number of anilines is 1. The van der Waals surface area contributed by atoms with E-state index >= 15 is 0 Å². The van der Waals surface area contributed by atoms with Crippen molar-refractivity contribution < 1.29 is 14.3 Å². The van der Waals surface area contributed by atoms with Crippen LogP contribution in [0.5, 0.6) is 0 Å². The van der Waals surface area contributed by atoms with Crippen LogP contribution in [0.25, 0.3) is 0 Å². The molecule has 0 saturated heterocycles. The molecule has 0 aliphatic carbocycles. The fourth-order valence-corrected chi connectivity index (χ4v) is 3.61. The maximum Gasteiger partial charge on any atom is 0.339 e. The largest absolute Gasteiger partial charge is 0.454 e. The second-order valence-electron chi connectivity index (χ2n) is 7.22. The molecule has 0 bridgehead atoms. The molecule has 3 aromatic carbocycles. The zero-order valence-electron chi connectivity index (χ0n) is 16.2. The molecule has 1 unspecified atom stereocenters. The van der Waals surface area contributed by atoms with Crippen molar-refractivity contribution in [2.75, 3.05) is 5.32 Å². The van der Waals surface area contributed by atoms with Crippen LogP contribution in [0.15, 0.2) is 60.7 Å². The Morgan fingerprint density at radius 1 is 1.07 bits per heavy atom. The van der Waals surface area contributed by atoms with Gasteiger partial charge < -0.3 is 10.1 Å². The molecule has 146 valence electrons. The van der Waals surface area contributed by atoms with Gasteiger partial charge in [-0.05, 0) is 72.5 Å². The first-order chi connectivity index (χ1) is 13.9. The fraction of sp³-hybridized carbons (Fsp3) is 0.167. The van der Waals surface area contributed by atoms with Crippen LogP contribution in [0.3, 0.4) is 0 Å². The minimum absolute atomic E-state index is 0.205. The van der Waals surface area contributed by atoms with E-state index in [-0.39, 0.29) is 11.9 Å². The van der Waals surface area contributed by atoms with Crippen LogP contribution >= 0.6 is 11.6 Å². The summed E-state index contributed by atoms with van der Waals surface area (Å²) < 4.78 is 5.58. The molecule has 0 saturated carbocycles.